The van der Waals surface area contributed by atoms with Crippen molar-refractivity contribution in [1.82, 2.24) is 0 Å². The van der Waals surface area contributed by atoms with E-state index in [1.165, 1.54) is 30.2 Å². The minimum atomic E-state index is -0.706. The molecular weight excluding hydrogens is 264 g/mol. The van der Waals surface area contributed by atoms with Crippen LogP contribution in [0.25, 0.3) is 0 Å². The van der Waals surface area contributed by atoms with E-state index in [4.69, 9.17) is 5.73 Å². The van der Waals surface area contributed by atoms with Crippen molar-refractivity contribution in [2.24, 2.45) is 11.7 Å². The van der Waals surface area contributed by atoms with Crippen molar-refractivity contribution < 1.29 is 24.2 Å². The number of phenolic OH excluding ortho intramolecular Hbond substituents is 1. The van der Waals surface area contributed by atoms with Crippen molar-refractivity contribution in [2.45, 2.75) is 6.42 Å². The van der Waals surface area contributed by atoms with Crippen LogP contribution in [0, 0.1) is 5.92 Å². The Kier molecular flexibility index (Phi) is 3.60. The highest BCUT2D eigenvalue weighted by atomic mass is 16.5. The lowest BCUT2D eigenvalue weighted by atomic mass is 10.1. The smallest absolute Gasteiger partial charge is 0.341 e. The fourth-order valence-electron chi connectivity index (χ4n) is 2.15. The lowest BCUT2D eigenvalue weighted by Gasteiger charge is -2.18. The van der Waals surface area contributed by atoms with E-state index < -0.39 is 17.8 Å². The fourth-order valence-corrected chi connectivity index (χ4v) is 2.15. The predicted molar refractivity (Wildman–Crippen MR) is 69.1 cm³/mol. The highest BCUT2D eigenvalue weighted by Gasteiger charge is 2.35. The van der Waals surface area contributed by atoms with E-state index in [-0.39, 0.29) is 35.9 Å². The molecular formula is C13H14N2O5. The first kappa shape index (κ1) is 13.9. The number of primary amides is 1. The molecule has 20 heavy (non-hydrogen) atoms. The lowest BCUT2D eigenvalue weighted by Crippen LogP contribution is -2.28. The molecule has 0 aromatic heterocycles. The molecule has 1 aromatic carbocycles. The summed E-state index contributed by atoms with van der Waals surface area (Å²) in [5.41, 5.74) is 5.31. The molecule has 1 fully saturated rings. The molecule has 106 valence electrons. The molecule has 0 aliphatic carbocycles. The molecule has 0 spiro atoms. The van der Waals surface area contributed by atoms with Crippen molar-refractivity contribution in [2.75, 3.05) is 18.6 Å². The maximum atomic E-state index is 11.9. The van der Waals surface area contributed by atoms with Crippen molar-refractivity contribution in [3.8, 4) is 5.75 Å². The predicted octanol–water partition coefficient (Wildman–Crippen LogP) is 0.0170. The van der Waals surface area contributed by atoms with Gasteiger partial charge in [-0.3, -0.25) is 9.59 Å². The topological polar surface area (TPSA) is 110 Å². The largest absolute Gasteiger partial charge is 0.505 e. The number of nitrogens with two attached hydrogens (primary N) is 1. The van der Waals surface area contributed by atoms with Crippen molar-refractivity contribution >= 4 is 23.5 Å². The Balaban J connectivity index is 2.37. The summed E-state index contributed by atoms with van der Waals surface area (Å²) in [5.74, 6) is -2.54. The maximum Gasteiger partial charge on any atom is 0.341 e. The molecule has 1 atom stereocenters. The number of benzene rings is 1. The number of hydrogen-bond acceptors (Lipinski definition) is 5. The third-order valence-corrected chi connectivity index (χ3v) is 3.24. The van der Waals surface area contributed by atoms with E-state index in [1.807, 2.05) is 0 Å². The number of nitrogens with zero attached hydrogens (tertiary/aromatic N) is 1. The monoisotopic (exact) mass is 278 g/mol. The first-order chi connectivity index (χ1) is 9.45. The first-order valence-electron chi connectivity index (χ1n) is 5.95. The molecule has 1 aliphatic heterocycles. The SMILES string of the molecule is COC(=O)c1cccc(N2CC(C(N)=O)CC2=O)c1O. The highest BCUT2D eigenvalue weighted by Crippen LogP contribution is 2.35. The quantitative estimate of drug-likeness (QED) is 0.757. The normalized spacial score (nSPS) is 18.1. The molecule has 2 amide bonds. The van der Waals surface area contributed by atoms with Gasteiger partial charge in [0, 0.05) is 13.0 Å². The molecule has 0 bridgehead atoms. The van der Waals surface area contributed by atoms with E-state index in [0.29, 0.717) is 0 Å². The molecule has 1 unspecified atom stereocenters. The Hall–Kier alpha value is -2.57. The molecule has 7 nitrogen and oxygen atoms in total. The van der Waals surface area contributed by atoms with Gasteiger partial charge in [0.05, 0.1) is 18.7 Å². The van der Waals surface area contributed by atoms with Gasteiger partial charge in [0.1, 0.15) is 5.56 Å². The zero-order valence-electron chi connectivity index (χ0n) is 10.8. The molecule has 7 heteroatoms. The summed E-state index contributed by atoms with van der Waals surface area (Å²) in [4.78, 5) is 35.8. The molecule has 1 aliphatic rings. The summed E-state index contributed by atoms with van der Waals surface area (Å²) in [7, 11) is 1.19. The van der Waals surface area contributed by atoms with Gasteiger partial charge in [-0.15, -0.1) is 0 Å². The summed E-state index contributed by atoms with van der Waals surface area (Å²) >= 11 is 0. The van der Waals surface area contributed by atoms with Gasteiger partial charge in [-0.1, -0.05) is 6.07 Å². The van der Waals surface area contributed by atoms with Crippen LogP contribution in [0.3, 0.4) is 0 Å². The Morgan fingerprint density at radius 2 is 2.15 bits per heavy atom. The average Bonchev–Trinajstić information content (AvgIpc) is 2.80. The van der Waals surface area contributed by atoms with E-state index in [2.05, 4.69) is 4.74 Å². The van der Waals surface area contributed by atoms with Gasteiger partial charge in [0.2, 0.25) is 11.8 Å². The number of carbonyl (C=O) groups excluding carboxylic acids is 3. The second kappa shape index (κ2) is 5.20. The maximum absolute atomic E-state index is 11.9. The third-order valence-electron chi connectivity index (χ3n) is 3.24. The standard InChI is InChI=1S/C13H14N2O5/c1-20-13(19)8-3-2-4-9(11(8)17)15-6-7(12(14)18)5-10(15)16/h2-4,7,17H,5-6H2,1H3,(H2,14,18). The Morgan fingerprint density at radius 1 is 1.45 bits per heavy atom. The van der Waals surface area contributed by atoms with Crippen LogP contribution in [-0.4, -0.2) is 36.5 Å². The van der Waals surface area contributed by atoms with Gasteiger partial charge < -0.3 is 20.5 Å². The number of aromatic hydroxyl groups is 1. The summed E-state index contributed by atoms with van der Waals surface area (Å²) in [6.07, 6.45) is -0.00275. The van der Waals surface area contributed by atoms with E-state index in [9.17, 15) is 19.5 Å². The summed E-state index contributed by atoms with van der Waals surface area (Å²) in [6.45, 7) is 0.0896. The van der Waals surface area contributed by atoms with Crippen LogP contribution in [0.1, 0.15) is 16.8 Å². The zero-order valence-corrected chi connectivity index (χ0v) is 10.8. The lowest BCUT2D eigenvalue weighted by molar-refractivity contribution is -0.123. The Labute approximate surface area is 114 Å². The van der Waals surface area contributed by atoms with Crippen LogP contribution in [0.5, 0.6) is 5.75 Å². The van der Waals surface area contributed by atoms with Crippen LogP contribution in [0.4, 0.5) is 5.69 Å². The van der Waals surface area contributed by atoms with E-state index in [1.54, 1.807) is 0 Å². The number of para-hydroxylation sites is 1. The minimum absolute atomic E-state index is 0.00275. The van der Waals surface area contributed by atoms with Crippen molar-refractivity contribution in [3.05, 3.63) is 23.8 Å². The van der Waals surface area contributed by atoms with Crippen LogP contribution >= 0.6 is 0 Å². The highest BCUT2D eigenvalue weighted by molar-refractivity contribution is 6.03. The van der Waals surface area contributed by atoms with Crippen LogP contribution in [-0.2, 0) is 14.3 Å². The molecule has 0 saturated carbocycles. The molecule has 1 saturated heterocycles. The van der Waals surface area contributed by atoms with E-state index in [0.717, 1.165) is 0 Å². The number of anilines is 1. The second-order valence-electron chi connectivity index (χ2n) is 4.47. The molecule has 1 heterocycles. The minimum Gasteiger partial charge on any atom is -0.505 e. The van der Waals surface area contributed by atoms with Gasteiger partial charge in [-0.2, -0.15) is 0 Å². The first-order valence-corrected chi connectivity index (χ1v) is 5.95. The van der Waals surface area contributed by atoms with Gasteiger partial charge in [0.15, 0.2) is 5.75 Å². The summed E-state index contributed by atoms with van der Waals surface area (Å²) in [6, 6.07) is 4.39. The summed E-state index contributed by atoms with van der Waals surface area (Å²) < 4.78 is 4.54. The molecule has 0 radical (unpaired) electrons. The second-order valence-corrected chi connectivity index (χ2v) is 4.47. The fraction of sp³-hybridized carbons (Fsp3) is 0.308. The number of rotatable bonds is 3. The number of methoxy groups -OCH3 is 1. The zero-order chi connectivity index (χ0) is 14.9. The number of esters is 1. The number of carbonyl (C=O) groups is 3. The van der Waals surface area contributed by atoms with Crippen LogP contribution in [0.2, 0.25) is 0 Å². The van der Waals surface area contributed by atoms with Gasteiger partial charge in [-0.25, -0.2) is 4.79 Å². The van der Waals surface area contributed by atoms with Gasteiger partial charge in [-0.05, 0) is 12.1 Å². The molecule has 1 aromatic rings. The van der Waals surface area contributed by atoms with E-state index >= 15 is 0 Å². The molecule has 2 rings (SSSR count). The molecule has 3 N–H and O–H groups in total. The van der Waals surface area contributed by atoms with Gasteiger partial charge >= 0.3 is 5.97 Å². The number of hydrogen-bond donors (Lipinski definition) is 2. The van der Waals surface area contributed by atoms with Crippen molar-refractivity contribution in [1.29, 1.82) is 0 Å². The Bertz CT molecular complexity index is 584. The van der Waals surface area contributed by atoms with Crippen LogP contribution < -0.4 is 10.6 Å². The van der Waals surface area contributed by atoms with Crippen LogP contribution in [0.15, 0.2) is 18.2 Å². The third kappa shape index (κ3) is 2.29. The van der Waals surface area contributed by atoms with Gasteiger partial charge in [0.25, 0.3) is 0 Å². The number of amides is 2. The number of phenols is 1. The van der Waals surface area contributed by atoms with Crippen molar-refractivity contribution in [3.63, 3.8) is 0 Å². The number of ether oxygens (including phenoxy) is 1. The Morgan fingerprint density at radius 3 is 2.70 bits per heavy atom. The average molecular weight is 278 g/mol. The summed E-state index contributed by atoms with van der Waals surface area (Å²) in [5, 5.41) is 10.1.